The molecule has 0 aliphatic carbocycles. The van der Waals surface area contributed by atoms with Gasteiger partial charge in [0.15, 0.2) is 0 Å². The van der Waals surface area contributed by atoms with Crippen LogP contribution in [0.1, 0.15) is 40.5 Å². The standard InChI is InChI=1S/C10H20N2O3/c1-5-6-7(11)8(13)12-9(14)15-10(2,3)4/h7H,5-6,11H2,1-4H3,(H,12,13,14). The number of carbonyl (C=O) groups excluding carboxylic acids is 2. The fourth-order valence-electron chi connectivity index (χ4n) is 0.939. The molecule has 0 aliphatic heterocycles. The van der Waals surface area contributed by atoms with Crippen molar-refractivity contribution in [2.24, 2.45) is 5.73 Å². The quantitative estimate of drug-likeness (QED) is 0.741. The predicted molar refractivity (Wildman–Crippen MR) is 57.3 cm³/mol. The fourth-order valence-corrected chi connectivity index (χ4v) is 0.939. The van der Waals surface area contributed by atoms with Gasteiger partial charge in [0, 0.05) is 0 Å². The lowest BCUT2D eigenvalue weighted by atomic mass is 10.2. The summed E-state index contributed by atoms with van der Waals surface area (Å²) in [5.41, 5.74) is 4.91. The van der Waals surface area contributed by atoms with Crippen LogP contribution < -0.4 is 11.1 Å². The highest BCUT2D eigenvalue weighted by Gasteiger charge is 2.20. The number of rotatable bonds is 3. The topological polar surface area (TPSA) is 81.4 Å². The lowest BCUT2D eigenvalue weighted by Gasteiger charge is -2.20. The number of ether oxygens (including phenoxy) is 1. The third kappa shape index (κ3) is 6.90. The number of nitrogens with one attached hydrogen (secondary N) is 1. The molecule has 0 heterocycles. The summed E-state index contributed by atoms with van der Waals surface area (Å²) in [4.78, 5) is 22.5. The van der Waals surface area contributed by atoms with Gasteiger partial charge in [0.2, 0.25) is 5.91 Å². The van der Waals surface area contributed by atoms with Crippen LogP contribution in [0.25, 0.3) is 0 Å². The van der Waals surface area contributed by atoms with Gasteiger partial charge in [0.25, 0.3) is 0 Å². The van der Waals surface area contributed by atoms with Crippen molar-refractivity contribution in [1.29, 1.82) is 0 Å². The van der Waals surface area contributed by atoms with Gasteiger partial charge in [-0.05, 0) is 27.2 Å². The van der Waals surface area contributed by atoms with Gasteiger partial charge in [-0.15, -0.1) is 0 Å². The van der Waals surface area contributed by atoms with Gasteiger partial charge in [-0.1, -0.05) is 13.3 Å². The highest BCUT2D eigenvalue weighted by atomic mass is 16.6. The van der Waals surface area contributed by atoms with Crippen LogP contribution in [-0.4, -0.2) is 23.6 Å². The molecule has 1 unspecified atom stereocenters. The van der Waals surface area contributed by atoms with Crippen molar-refractivity contribution in [2.45, 2.75) is 52.2 Å². The van der Waals surface area contributed by atoms with E-state index in [9.17, 15) is 9.59 Å². The summed E-state index contributed by atoms with van der Waals surface area (Å²) in [5.74, 6) is -0.494. The number of carbonyl (C=O) groups is 2. The highest BCUT2D eigenvalue weighted by Crippen LogP contribution is 2.06. The van der Waals surface area contributed by atoms with E-state index in [4.69, 9.17) is 10.5 Å². The molecule has 0 aromatic rings. The van der Waals surface area contributed by atoms with E-state index in [-0.39, 0.29) is 0 Å². The van der Waals surface area contributed by atoms with Crippen molar-refractivity contribution in [1.82, 2.24) is 5.32 Å². The Hall–Kier alpha value is -1.10. The minimum Gasteiger partial charge on any atom is -0.444 e. The van der Waals surface area contributed by atoms with Gasteiger partial charge in [0.1, 0.15) is 5.60 Å². The lowest BCUT2D eigenvalue weighted by Crippen LogP contribution is -2.45. The van der Waals surface area contributed by atoms with Gasteiger partial charge in [0.05, 0.1) is 6.04 Å². The summed E-state index contributed by atoms with van der Waals surface area (Å²) in [6, 6.07) is -0.650. The Morgan fingerprint density at radius 1 is 1.40 bits per heavy atom. The van der Waals surface area contributed by atoms with E-state index in [1.54, 1.807) is 20.8 Å². The van der Waals surface area contributed by atoms with E-state index in [2.05, 4.69) is 5.32 Å². The molecule has 3 N–H and O–H groups in total. The zero-order valence-corrected chi connectivity index (χ0v) is 9.79. The van der Waals surface area contributed by atoms with E-state index in [0.717, 1.165) is 6.42 Å². The van der Waals surface area contributed by atoms with Crippen LogP contribution in [0.3, 0.4) is 0 Å². The summed E-state index contributed by atoms with van der Waals surface area (Å²) in [6.45, 7) is 7.09. The minimum atomic E-state index is -0.751. The third-order valence-corrected chi connectivity index (χ3v) is 1.56. The van der Waals surface area contributed by atoms with Gasteiger partial charge >= 0.3 is 6.09 Å². The number of amides is 2. The monoisotopic (exact) mass is 216 g/mol. The molecule has 0 aromatic carbocycles. The van der Waals surface area contributed by atoms with E-state index in [1.807, 2.05) is 6.92 Å². The number of alkyl carbamates (subject to hydrolysis) is 1. The summed E-state index contributed by atoms with van der Waals surface area (Å²) >= 11 is 0. The van der Waals surface area contributed by atoms with Gasteiger partial charge in [-0.3, -0.25) is 10.1 Å². The Balaban J connectivity index is 4.02. The van der Waals surface area contributed by atoms with Crippen molar-refractivity contribution in [3.8, 4) is 0 Å². The maximum atomic E-state index is 11.3. The van der Waals surface area contributed by atoms with Crippen molar-refractivity contribution < 1.29 is 14.3 Å². The van der Waals surface area contributed by atoms with Crippen LogP contribution in [0.2, 0.25) is 0 Å². The van der Waals surface area contributed by atoms with Crippen molar-refractivity contribution in [2.75, 3.05) is 0 Å². The van der Waals surface area contributed by atoms with Gasteiger partial charge in [-0.25, -0.2) is 4.79 Å². The average molecular weight is 216 g/mol. The van der Waals surface area contributed by atoms with Crippen LogP contribution in [0.4, 0.5) is 4.79 Å². The van der Waals surface area contributed by atoms with E-state index < -0.39 is 23.6 Å². The van der Waals surface area contributed by atoms with E-state index in [0.29, 0.717) is 6.42 Å². The molecule has 0 spiro atoms. The lowest BCUT2D eigenvalue weighted by molar-refractivity contribution is -0.122. The molecule has 5 heteroatoms. The summed E-state index contributed by atoms with van der Waals surface area (Å²) in [5, 5.41) is 2.10. The zero-order chi connectivity index (χ0) is 12.1. The summed E-state index contributed by atoms with van der Waals surface area (Å²) in [6.07, 6.45) is 0.594. The van der Waals surface area contributed by atoms with Crippen molar-refractivity contribution in [3.05, 3.63) is 0 Å². The molecule has 5 nitrogen and oxygen atoms in total. The molecule has 0 rings (SSSR count). The molecule has 0 bridgehead atoms. The van der Waals surface area contributed by atoms with Crippen molar-refractivity contribution in [3.63, 3.8) is 0 Å². The Bertz CT molecular complexity index is 233. The molecular weight excluding hydrogens is 196 g/mol. The smallest absolute Gasteiger partial charge is 0.414 e. The fraction of sp³-hybridized carbons (Fsp3) is 0.800. The number of hydrogen-bond acceptors (Lipinski definition) is 4. The van der Waals surface area contributed by atoms with Crippen LogP contribution in [-0.2, 0) is 9.53 Å². The summed E-state index contributed by atoms with van der Waals surface area (Å²) in [7, 11) is 0. The first kappa shape index (κ1) is 13.9. The molecule has 0 aromatic heterocycles. The molecule has 0 saturated carbocycles. The molecule has 0 aliphatic rings. The molecule has 0 saturated heterocycles. The van der Waals surface area contributed by atoms with E-state index in [1.165, 1.54) is 0 Å². The Morgan fingerprint density at radius 3 is 2.33 bits per heavy atom. The van der Waals surface area contributed by atoms with Gasteiger partial charge in [-0.2, -0.15) is 0 Å². The largest absolute Gasteiger partial charge is 0.444 e. The molecular formula is C10H20N2O3. The van der Waals surface area contributed by atoms with E-state index >= 15 is 0 Å². The molecule has 88 valence electrons. The number of hydrogen-bond donors (Lipinski definition) is 2. The van der Waals surface area contributed by atoms with Gasteiger partial charge < -0.3 is 10.5 Å². The molecule has 2 amide bonds. The second-order valence-electron chi connectivity index (χ2n) is 4.39. The maximum Gasteiger partial charge on any atom is 0.414 e. The Morgan fingerprint density at radius 2 is 1.93 bits per heavy atom. The van der Waals surface area contributed by atoms with Crippen LogP contribution in [0.15, 0.2) is 0 Å². The molecule has 1 atom stereocenters. The van der Waals surface area contributed by atoms with Crippen molar-refractivity contribution >= 4 is 12.0 Å². The molecule has 0 fully saturated rings. The highest BCUT2D eigenvalue weighted by molar-refractivity contribution is 5.94. The summed E-state index contributed by atoms with van der Waals surface area (Å²) < 4.78 is 4.91. The normalized spacial score (nSPS) is 13.1. The average Bonchev–Trinajstić information content (AvgIpc) is 2.00. The van der Waals surface area contributed by atoms with Crippen LogP contribution in [0.5, 0.6) is 0 Å². The third-order valence-electron chi connectivity index (χ3n) is 1.56. The number of nitrogens with two attached hydrogens (primary N) is 1. The molecule has 0 radical (unpaired) electrons. The Labute approximate surface area is 90.4 Å². The first-order chi connectivity index (χ1) is 6.76. The predicted octanol–water partition coefficient (Wildman–Crippen LogP) is 1.17. The van der Waals surface area contributed by atoms with Crippen LogP contribution in [0, 0.1) is 0 Å². The number of imide groups is 1. The minimum absolute atomic E-state index is 0.494. The Kier molecular flexibility index (Phi) is 5.28. The SMILES string of the molecule is CCCC(N)C(=O)NC(=O)OC(C)(C)C. The van der Waals surface area contributed by atoms with Crippen LogP contribution >= 0.6 is 0 Å². The zero-order valence-electron chi connectivity index (χ0n) is 9.79. The second kappa shape index (κ2) is 5.70. The second-order valence-corrected chi connectivity index (χ2v) is 4.39. The first-order valence-corrected chi connectivity index (χ1v) is 5.05. The maximum absolute atomic E-state index is 11.3. The molecule has 15 heavy (non-hydrogen) atoms. The first-order valence-electron chi connectivity index (χ1n) is 5.05.